The third-order valence-corrected chi connectivity index (χ3v) is 6.42. The molecule has 0 saturated carbocycles. The van der Waals surface area contributed by atoms with Crippen LogP contribution in [0.1, 0.15) is 12.5 Å². The van der Waals surface area contributed by atoms with Gasteiger partial charge in [0.15, 0.2) is 0 Å². The first-order valence-corrected chi connectivity index (χ1v) is 11.7. The van der Waals surface area contributed by atoms with Crippen molar-refractivity contribution in [3.05, 3.63) is 102 Å². The van der Waals surface area contributed by atoms with Gasteiger partial charge in [-0.2, -0.15) is 0 Å². The lowest BCUT2D eigenvalue weighted by Crippen LogP contribution is -2.42. The maximum absolute atomic E-state index is 13.4. The Balaban J connectivity index is 1.27. The Morgan fingerprint density at radius 3 is 2.42 bits per heavy atom. The van der Waals surface area contributed by atoms with Gasteiger partial charge in [-0.25, -0.2) is 4.79 Å². The highest BCUT2D eigenvalue weighted by molar-refractivity contribution is 6.32. The molecule has 8 heteroatoms. The summed E-state index contributed by atoms with van der Waals surface area (Å²) >= 11 is 6.12. The van der Waals surface area contributed by atoms with Gasteiger partial charge < -0.3 is 15.4 Å². The minimum absolute atomic E-state index is 0.414. The van der Waals surface area contributed by atoms with E-state index >= 15 is 0 Å². The Hall–Kier alpha value is -4.36. The van der Waals surface area contributed by atoms with Crippen LogP contribution in [0.2, 0.25) is 5.02 Å². The average molecular weight is 500 g/mol. The van der Waals surface area contributed by atoms with Crippen molar-refractivity contribution >= 4 is 45.9 Å². The molecule has 2 N–H and O–H groups in total. The lowest BCUT2D eigenvalue weighted by molar-refractivity contribution is -0.133. The Bertz CT molecular complexity index is 1480. The second-order valence-electron chi connectivity index (χ2n) is 8.58. The number of amides is 4. The minimum atomic E-state index is -1.28. The average Bonchev–Trinajstić information content (AvgIpc) is 3.09. The van der Waals surface area contributed by atoms with Crippen LogP contribution in [-0.4, -0.2) is 29.3 Å². The van der Waals surface area contributed by atoms with Gasteiger partial charge in [0.25, 0.3) is 5.91 Å². The Labute approximate surface area is 212 Å². The summed E-state index contributed by atoms with van der Waals surface area (Å²) in [6.07, 6.45) is 0. The molecule has 1 saturated heterocycles. The normalized spacial score (nSPS) is 17.2. The van der Waals surface area contributed by atoms with E-state index in [0.29, 0.717) is 27.8 Å². The molecule has 4 aromatic rings. The second kappa shape index (κ2) is 9.36. The van der Waals surface area contributed by atoms with E-state index in [1.54, 1.807) is 43.3 Å². The number of fused-ring (bicyclic) bond motifs is 1. The summed E-state index contributed by atoms with van der Waals surface area (Å²) in [5, 5.41) is 7.79. The second-order valence-corrected chi connectivity index (χ2v) is 8.99. The van der Waals surface area contributed by atoms with Crippen molar-refractivity contribution in [1.29, 1.82) is 0 Å². The summed E-state index contributed by atoms with van der Waals surface area (Å²) in [7, 11) is 0. The summed E-state index contributed by atoms with van der Waals surface area (Å²) < 4.78 is 5.75. The van der Waals surface area contributed by atoms with Gasteiger partial charge in [-0.15, -0.1) is 0 Å². The fraction of sp³-hybridized carbons (Fsp3) is 0.107. The van der Waals surface area contributed by atoms with Crippen LogP contribution in [0.5, 0.6) is 11.5 Å². The number of para-hydroxylation sites is 1. The quantitative estimate of drug-likeness (QED) is 0.333. The predicted molar refractivity (Wildman–Crippen MR) is 138 cm³/mol. The van der Waals surface area contributed by atoms with Crippen LogP contribution >= 0.6 is 11.6 Å². The maximum atomic E-state index is 13.4. The number of benzene rings is 4. The molecule has 180 valence electrons. The first-order chi connectivity index (χ1) is 17.3. The number of rotatable bonds is 6. The van der Waals surface area contributed by atoms with Crippen LogP contribution in [-0.2, 0) is 15.1 Å². The van der Waals surface area contributed by atoms with Crippen molar-refractivity contribution in [1.82, 2.24) is 10.2 Å². The SMILES string of the molecule is CC1(c2cccc3ccccc23)NC(=O)N(CC(=O)Nc2ccc(Oc3ccccc3Cl)cc2)C1=O. The van der Waals surface area contributed by atoms with Crippen molar-refractivity contribution in [3.63, 3.8) is 0 Å². The zero-order valence-electron chi connectivity index (χ0n) is 19.3. The van der Waals surface area contributed by atoms with Crippen LogP contribution in [0.4, 0.5) is 10.5 Å². The Morgan fingerprint density at radius 2 is 1.64 bits per heavy atom. The molecular formula is C28H22ClN3O4. The number of urea groups is 1. The molecule has 1 aliphatic rings. The molecule has 1 fully saturated rings. The first-order valence-electron chi connectivity index (χ1n) is 11.3. The van der Waals surface area contributed by atoms with Gasteiger partial charge in [-0.3, -0.25) is 14.5 Å². The Kier molecular flexibility index (Phi) is 6.08. The highest BCUT2D eigenvalue weighted by atomic mass is 35.5. The van der Waals surface area contributed by atoms with Gasteiger partial charge in [0.2, 0.25) is 5.91 Å². The third-order valence-electron chi connectivity index (χ3n) is 6.11. The molecule has 7 nitrogen and oxygen atoms in total. The fourth-order valence-corrected chi connectivity index (χ4v) is 4.46. The number of carbonyl (C=O) groups excluding carboxylic acids is 3. The molecule has 0 aromatic heterocycles. The summed E-state index contributed by atoms with van der Waals surface area (Å²) in [5.74, 6) is 0.0766. The van der Waals surface area contributed by atoms with Crippen molar-refractivity contribution in [2.24, 2.45) is 0 Å². The van der Waals surface area contributed by atoms with Crippen molar-refractivity contribution in [2.75, 3.05) is 11.9 Å². The van der Waals surface area contributed by atoms with Crippen molar-refractivity contribution < 1.29 is 19.1 Å². The molecule has 5 rings (SSSR count). The highest BCUT2D eigenvalue weighted by Crippen LogP contribution is 2.34. The third kappa shape index (κ3) is 4.36. The molecule has 1 heterocycles. The molecule has 0 radical (unpaired) electrons. The van der Waals surface area contributed by atoms with Gasteiger partial charge in [0.05, 0.1) is 5.02 Å². The monoisotopic (exact) mass is 499 g/mol. The van der Waals surface area contributed by atoms with E-state index in [0.717, 1.165) is 15.7 Å². The summed E-state index contributed by atoms with van der Waals surface area (Å²) in [5.41, 5.74) is -0.109. The predicted octanol–water partition coefficient (Wildman–Crippen LogP) is 5.69. The number of nitrogens with one attached hydrogen (secondary N) is 2. The number of nitrogens with zero attached hydrogens (tertiary/aromatic N) is 1. The van der Waals surface area contributed by atoms with Gasteiger partial charge in [-0.05, 0) is 59.7 Å². The molecule has 1 aliphatic heterocycles. The number of ether oxygens (including phenoxy) is 1. The molecule has 0 bridgehead atoms. The number of hydrogen-bond donors (Lipinski definition) is 2. The number of anilines is 1. The van der Waals surface area contributed by atoms with Crippen LogP contribution < -0.4 is 15.4 Å². The zero-order valence-corrected chi connectivity index (χ0v) is 20.1. The van der Waals surface area contributed by atoms with Crippen LogP contribution in [0, 0.1) is 0 Å². The zero-order chi connectivity index (χ0) is 25.3. The molecule has 1 atom stereocenters. The van der Waals surface area contributed by atoms with Crippen molar-refractivity contribution in [2.45, 2.75) is 12.5 Å². The van der Waals surface area contributed by atoms with E-state index in [1.807, 2.05) is 54.6 Å². The smallest absolute Gasteiger partial charge is 0.325 e. The van der Waals surface area contributed by atoms with E-state index in [-0.39, 0.29) is 0 Å². The summed E-state index contributed by atoms with van der Waals surface area (Å²) in [6, 6.07) is 26.4. The van der Waals surface area contributed by atoms with Crippen LogP contribution in [0.15, 0.2) is 91.0 Å². The number of hydrogen-bond acceptors (Lipinski definition) is 4. The van der Waals surface area contributed by atoms with E-state index in [9.17, 15) is 14.4 Å². The first kappa shape index (κ1) is 23.4. The number of imide groups is 1. The molecule has 4 amide bonds. The standard InChI is InChI=1S/C28H22ClN3O4/c1-28(22-10-6-8-18-7-2-3-9-21(18)22)26(34)32(27(35)31-28)17-25(33)30-19-13-15-20(16-14-19)36-24-12-5-4-11-23(24)29/h2-16H,17H2,1H3,(H,30,33)(H,31,35). The number of halogens is 1. The van der Waals surface area contributed by atoms with Gasteiger partial charge in [-0.1, -0.05) is 66.2 Å². The molecule has 36 heavy (non-hydrogen) atoms. The van der Waals surface area contributed by atoms with Crippen LogP contribution in [0.25, 0.3) is 10.8 Å². The van der Waals surface area contributed by atoms with E-state index in [4.69, 9.17) is 16.3 Å². The topological polar surface area (TPSA) is 87.7 Å². The lowest BCUT2D eigenvalue weighted by atomic mass is 9.88. The fourth-order valence-electron chi connectivity index (χ4n) is 4.29. The highest BCUT2D eigenvalue weighted by Gasteiger charge is 2.50. The van der Waals surface area contributed by atoms with Crippen LogP contribution in [0.3, 0.4) is 0 Å². The van der Waals surface area contributed by atoms with Crippen molar-refractivity contribution in [3.8, 4) is 11.5 Å². The Morgan fingerprint density at radius 1 is 0.944 bits per heavy atom. The summed E-state index contributed by atoms with van der Waals surface area (Å²) in [4.78, 5) is 39.7. The molecule has 0 spiro atoms. The maximum Gasteiger partial charge on any atom is 0.325 e. The summed E-state index contributed by atoms with van der Waals surface area (Å²) in [6.45, 7) is 1.24. The molecule has 4 aromatic carbocycles. The molecule has 1 unspecified atom stereocenters. The van der Waals surface area contributed by atoms with E-state index in [2.05, 4.69) is 10.6 Å². The van der Waals surface area contributed by atoms with Gasteiger partial charge in [0, 0.05) is 5.69 Å². The minimum Gasteiger partial charge on any atom is -0.456 e. The van der Waals surface area contributed by atoms with Gasteiger partial charge in [0.1, 0.15) is 23.6 Å². The van der Waals surface area contributed by atoms with E-state index in [1.165, 1.54) is 0 Å². The lowest BCUT2D eigenvalue weighted by Gasteiger charge is -2.24. The van der Waals surface area contributed by atoms with E-state index < -0.39 is 29.9 Å². The molecular weight excluding hydrogens is 478 g/mol. The number of carbonyl (C=O) groups is 3. The largest absolute Gasteiger partial charge is 0.456 e. The molecule has 0 aliphatic carbocycles. The van der Waals surface area contributed by atoms with Gasteiger partial charge >= 0.3 is 6.03 Å².